The lowest BCUT2D eigenvalue weighted by Gasteiger charge is -2.11. The van der Waals surface area contributed by atoms with E-state index in [0.717, 1.165) is 58.0 Å². The lowest BCUT2D eigenvalue weighted by atomic mass is 10.1. The van der Waals surface area contributed by atoms with Crippen LogP contribution in [0.3, 0.4) is 0 Å². The van der Waals surface area contributed by atoms with Crippen LogP contribution in [-0.4, -0.2) is 46.6 Å². The van der Waals surface area contributed by atoms with Crippen LogP contribution in [0, 0.1) is 0 Å². The highest BCUT2D eigenvalue weighted by Gasteiger charge is 2.33. The minimum absolute atomic E-state index is 0.0199. The summed E-state index contributed by atoms with van der Waals surface area (Å²) in [6, 6.07) is 16.0. The first-order valence-electron chi connectivity index (χ1n) is 33.6. The van der Waals surface area contributed by atoms with Crippen LogP contribution in [-0.2, 0) is 0 Å². The zero-order valence-corrected chi connectivity index (χ0v) is 56.8. The van der Waals surface area contributed by atoms with Gasteiger partial charge in [0.15, 0.2) is 0 Å². The van der Waals surface area contributed by atoms with E-state index in [2.05, 4.69) is 61.9 Å². The summed E-state index contributed by atoms with van der Waals surface area (Å²) < 4.78 is 5.62. The molecule has 2 amide bonds. The number of unbranched alkanes of at least 4 members (excludes halogenated alkanes) is 36. The third-order valence-electron chi connectivity index (χ3n) is 15.9. The second-order valence-electron chi connectivity index (χ2n) is 23.2. The van der Waals surface area contributed by atoms with Crippen LogP contribution in [0.15, 0.2) is 75.3 Å². The number of carbonyl (C=O) groups excluding carboxylic acids is 2. The van der Waals surface area contributed by atoms with Crippen LogP contribution in [0.25, 0.3) is 22.5 Å². The van der Waals surface area contributed by atoms with E-state index in [4.69, 9.17) is 10.2 Å². The molecule has 0 saturated heterocycles. The fourth-order valence-corrected chi connectivity index (χ4v) is 19.7. The van der Waals surface area contributed by atoms with Gasteiger partial charge in [0, 0.05) is 35.3 Å². The van der Waals surface area contributed by atoms with Crippen molar-refractivity contribution in [2.45, 2.75) is 294 Å². The first-order chi connectivity index (χ1) is 40.5. The van der Waals surface area contributed by atoms with Gasteiger partial charge in [0.05, 0.1) is 26.7 Å². The minimum Gasteiger partial charge on any atom is -0.352 e. The van der Waals surface area contributed by atoms with Crippen LogP contribution in [0.4, 0.5) is 0 Å². The molecule has 0 saturated carbocycles. The Morgan fingerprint density at radius 3 is 0.890 bits per heavy atom. The number of benzene rings is 2. The monoisotopic (exact) mass is 1230 g/mol. The number of aromatic nitrogens is 2. The normalized spacial score (nSPS) is 13.2. The van der Waals surface area contributed by atoms with Gasteiger partial charge >= 0.3 is 0 Å². The second-order valence-corrected chi connectivity index (χ2v) is 30.5. The van der Waals surface area contributed by atoms with Gasteiger partial charge in [-0.3, -0.25) is 9.59 Å². The maximum atomic E-state index is 13.3. The van der Waals surface area contributed by atoms with Crippen molar-refractivity contribution in [3.8, 4) is 22.5 Å². The molecular weight excluding hydrogens is 1120 g/mol. The van der Waals surface area contributed by atoms with Crippen molar-refractivity contribution in [3.63, 3.8) is 0 Å². The molecule has 0 fully saturated rings. The van der Waals surface area contributed by atoms with Crippen LogP contribution in [0.2, 0.25) is 0 Å². The van der Waals surface area contributed by atoms with Gasteiger partial charge in [0.1, 0.15) is 11.4 Å². The molecule has 3 aromatic rings. The molecule has 2 aliphatic heterocycles. The Kier molecular flexibility index (Phi) is 39.9. The summed E-state index contributed by atoms with van der Waals surface area (Å²) in [5, 5.41) is 16.3. The third kappa shape index (κ3) is 28.7. The highest BCUT2D eigenvalue weighted by molar-refractivity contribution is 8.42. The van der Waals surface area contributed by atoms with Gasteiger partial charge in [0.2, 0.25) is 0 Å². The summed E-state index contributed by atoms with van der Waals surface area (Å²) in [5.41, 5.74) is 4.95. The standard InChI is InChI=1S/C70H110N4O2S6/c1-5-9-13-17-21-25-29-33-37-41-53-71-65(75)59-49-45-57(46-50-59)61-63-64(62(74-73-61)58-47-51-60(52-48-58)66(76)72-54-42-38-34-30-26-22-18-14-10-6-2)80-69(79-63)70-81-67(77-55-43-39-35-31-27-23-19-15-11-7-3)68(82-70)78-56-44-40-36-32-28-24-20-16-12-8-4/h45-52H,5-44,53-56H2,1-4H3,(H,71,75)(H,72,76). The van der Waals surface area contributed by atoms with Crippen molar-refractivity contribution in [3.05, 3.63) is 76.6 Å². The van der Waals surface area contributed by atoms with Gasteiger partial charge in [-0.25, -0.2) is 0 Å². The summed E-state index contributed by atoms with van der Waals surface area (Å²) >= 11 is 11.8. The fourth-order valence-electron chi connectivity index (χ4n) is 10.7. The zero-order chi connectivity index (χ0) is 57.9. The molecule has 0 radical (unpaired) electrons. The third-order valence-corrected chi connectivity index (χ3v) is 24.7. The van der Waals surface area contributed by atoms with E-state index >= 15 is 0 Å². The van der Waals surface area contributed by atoms with Gasteiger partial charge in [0.25, 0.3) is 11.8 Å². The number of fused-ring (bicyclic) bond motifs is 1. The van der Waals surface area contributed by atoms with Crippen LogP contribution >= 0.6 is 70.6 Å². The van der Waals surface area contributed by atoms with E-state index in [1.807, 2.05) is 95.6 Å². The number of thioether (sulfide) groups is 6. The van der Waals surface area contributed by atoms with Crippen LogP contribution in [0.1, 0.15) is 305 Å². The molecule has 2 aromatic carbocycles. The Morgan fingerprint density at radius 2 is 0.598 bits per heavy atom. The van der Waals surface area contributed by atoms with Crippen molar-refractivity contribution in [2.24, 2.45) is 0 Å². The highest BCUT2D eigenvalue weighted by Crippen LogP contribution is 2.66. The van der Waals surface area contributed by atoms with Gasteiger partial charge < -0.3 is 10.6 Å². The van der Waals surface area contributed by atoms with Crippen LogP contribution < -0.4 is 10.6 Å². The molecule has 3 heterocycles. The Balaban J connectivity index is 1.25. The SMILES string of the molecule is CCCCCCCCCCCCNC(=O)c1ccc(-c2nnc(-c3ccc(C(=O)NCCCCCCCCCCCC)cc3)c3c2SC(=C2SC(SCCCCCCCCCCCC)=C(SCCCCCCCCCCCC)S2)S3)cc1. The number of carbonyl (C=O) groups is 2. The van der Waals surface area contributed by atoms with E-state index < -0.39 is 0 Å². The number of hydrogen-bond donors (Lipinski definition) is 2. The molecule has 12 heteroatoms. The number of rotatable bonds is 50. The zero-order valence-electron chi connectivity index (χ0n) is 51.9. The van der Waals surface area contributed by atoms with E-state index in [1.165, 1.54) is 260 Å². The van der Waals surface area contributed by atoms with Crippen molar-refractivity contribution in [1.82, 2.24) is 20.8 Å². The number of amides is 2. The average Bonchev–Trinajstić information content (AvgIpc) is 3.60. The molecule has 0 bridgehead atoms. The quantitative estimate of drug-likeness (QED) is 0.0533. The smallest absolute Gasteiger partial charge is 0.251 e. The summed E-state index contributed by atoms with van der Waals surface area (Å²) in [7, 11) is 0. The van der Waals surface area contributed by atoms with Crippen molar-refractivity contribution in [2.75, 3.05) is 24.6 Å². The molecule has 0 aliphatic carbocycles. The minimum atomic E-state index is -0.0199. The molecular formula is C70H110N4O2S6. The lowest BCUT2D eigenvalue weighted by molar-refractivity contribution is 0.0944. The van der Waals surface area contributed by atoms with Gasteiger partial charge in [-0.15, -0.1) is 33.7 Å². The molecule has 458 valence electrons. The van der Waals surface area contributed by atoms with Crippen molar-refractivity contribution in [1.29, 1.82) is 0 Å². The molecule has 6 nitrogen and oxygen atoms in total. The second kappa shape index (κ2) is 46.2. The Labute approximate surface area is 526 Å². The highest BCUT2D eigenvalue weighted by atomic mass is 32.3. The first kappa shape index (κ1) is 70.8. The van der Waals surface area contributed by atoms with E-state index in [0.29, 0.717) is 24.2 Å². The summed E-state index contributed by atoms with van der Waals surface area (Å²) in [6.45, 7) is 10.6. The summed E-state index contributed by atoms with van der Waals surface area (Å²) in [5.74, 6) is 2.31. The van der Waals surface area contributed by atoms with E-state index in [9.17, 15) is 9.59 Å². The van der Waals surface area contributed by atoms with Crippen LogP contribution in [0.5, 0.6) is 0 Å². The molecule has 0 spiro atoms. The maximum absolute atomic E-state index is 13.3. The van der Waals surface area contributed by atoms with Crippen molar-refractivity contribution < 1.29 is 9.59 Å². The molecule has 0 unspecified atom stereocenters. The lowest BCUT2D eigenvalue weighted by Crippen LogP contribution is -2.24. The Hall–Kier alpha value is -1.96. The van der Waals surface area contributed by atoms with Gasteiger partial charge in [-0.05, 0) is 61.5 Å². The molecule has 0 atom stereocenters. The van der Waals surface area contributed by atoms with Gasteiger partial charge in [-0.1, -0.05) is 330 Å². The summed E-state index contributed by atoms with van der Waals surface area (Å²) in [6.07, 6.45) is 52.8. The maximum Gasteiger partial charge on any atom is 0.251 e. The fraction of sp³-hybridized carbons (Fsp3) is 0.686. The topological polar surface area (TPSA) is 84.0 Å². The van der Waals surface area contributed by atoms with Gasteiger partial charge in [-0.2, -0.15) is 0 Å². The first-order valence-corrected chi connectivity index (χ1v) is 38.8. The molecule has 82 heavy (non-hydrogen) atoms. The van der Waals surface area contributed by atoms with Crippen molar-refractivity contribution >= 4 is 82.4 Å². The molecule has 2 aliphatic rings. The number of hydrogen-bond acceptors (Lipinski definition) is 10. The molecule has 5 rings (SSSR count). The number of nitrogens with zero attached hydrogens (tertiary/aromatic N) is 2. The summed E-state index contributed by atoms with van der Waals surface area (Å²) in [4.78, 5) is 28.9. The largest absolute Gasteiger partial charge is 0.352 e. The predicted molar refractivity (Wildman–Crippen MR) is 371 cm³/mol. The average molecular weight is 1230 g/mol. The molecule has 2 N–H and O–H groups in total. The number of nitrogens with one attached hydrogen (secondary N) is 2. The molecule has 1 aromatic heterocycles. The predicted octanol–water partition coefficient (Wildman–Crippen LogP) is 24.4. The van der Waals surface area contributed by atoms with E-state index in [1.54, 1.807) is 0 Å². The Bertz CT molecular complexity index is 2100. The van der Waals surface area contributed by atoms with E-state index in [-0.39, 0.29) is 11.8 Å². The Morgan fingerprint density at radius 1 is 0.341 bits per heavy atom.